The molecule has 5 nitrogen and oxygen atoms in total. The van der Waals surface area contributed by atoms with E-state index in [0.29, 0.717) is 6.42 Å². The number of rotatable bonds is 6. The number of fused-ring (bicyclic) bond motifs is 1. The molecule has 1 atom stereocenters. The second-order valence-electron chi connectivity index (χ2n) is 4.94. The van der Waals surface area contributed by atoms with Gasteiger partial charge in [-0.2, -0.15) is 0 Å². The maximum atomic E-state index is 10.6. The molecule has 0 amide bonds. The van der Waals surface area contributed by atoms with Crippen molar-refractivity contribution in [3.63, 3.8) is 0 Å². The molecular weight excluding hydrogens is 242 g/mol. The maximum Gasteiger partial charge on any atom is 0.303 e. The van der Waals surface area contributed by atoms with E-state index >= 15 is 0 Å². The quantitative estimate of drug-likeness (QED) is 0.838. The Bertz CT molecular complexity index is 563. The zero-order valence-corrected chi connectivity index (χ0v) is 11.3. The molecule has 2 rings (SSSR count). The SMILES string of the molecule is CN(C)C(CCCC(=O)O)c1ccc2nc[nH]c2c1. The number of aliphatic carboxylic acids is 1. The van der Waals surface area contributed by atoms with Crippen LogP contribution in [-0.2, 0) is 4.79 Å². The zero-order valence-electron chi connectivity index (χ0n) is 11.3. The van der Waals surface area contributed by atoms with E-state index in [1.165, 1.54) is 5.56 Å². The molecule has 0 saturated heterocycles. The highest BCUT2D eigenvalue weighted by atomic mass is 16.4. The normalized spacial score (nSPS) is 13.0. The summed E-state index contributed by atoms with van der Waals surface area (Å²) in [5.74, 6) is -0.735. The maximum absolute atomic E-state index is 10.6. The molecule has 0 aliphatic carbocycles. The van der Waals surface area contributed by atoms with Crippen LogP contribution in [0.2, 0.25) is 0 Å². The van der Waals surface area contributed by atoms with Crippen LogP contribution in [0, 0.1) is 0 Å². The molecule has 2 aromatic rings. The topological polar surface area (TPSA) is 69.2 Å². The van der Waals surface area contributed by atoms with E-state index in [0.717, 1.165) is 17.5 Å². The number of nitrogens with zero attached hydrogens (tertiary/aromatic N) is 2. The van der Waals surface area contributed by atoms with Crippen LogP contribution >= 0.6 is 0 Å². The molecule has 5 heteroatoms. The standard InChI is InChI=1S/C14H19N3O2/c1-17(2)13(4-3-5-14(18)19)10-6-7-11-12(8-10)16-9-15-11/h6-9,13H,3-5H2,1-2H3,(H,15,16)(H,18,19). The largest absolute Gasteiger partial charge is 0.481 e. The van der Waals surface area contributed by atoms with Crippen molar-refractivity contribution in [1.82, 2.24) is 14.9 Å². The van der Waals surface area contributed by atoms with Gasteiger partial charge in [-0.1, -0.05) is 6.07 Å². The van der Waals surface area contributed by atoms with Gasteiger partial charge in [0.15, 0.2) is 0 Å². The number of carboxylic acid groups (broad SMARTS) is 1. The number of H-pyrrole nitrogens is 1. The minimum Gasteiger partial charge on any atom is -0.481 e. The molecule has 0 radical (unpaired) electrons. The molecule has 102 valence electrons. The van der Waals surface area contributed by atoms with E-state index < -0.39 is 5.97 Å². The highest BCUT2D eigenvalue weighted by molar-refractivity contribution is 5.75. The van der Waals surface area contributed by atoms with Crippen molar-refractivity contribution in [1.29, 1.82) is 0 Å². The molecule has 0 bridgehead atoms. The van der Waals surface area contributed by atoms with Gasteiger partial charge < -0.3 is 15.0 Å². The number of aromatic amines is 1. The molecule has 1 unspecified atom stereocenters. The number of hydrogen-bond acceptors (Lipinski definition) is 3. The fraction of sp³-hybridized carbons (Fsp3) is 0.429. The van der Waals surface area contributed by atoms with E-state index in [9.17, 15) is 4.79 Å². The van der Waals surface area contributed by atoms with E-state index in [1.807, 2.05) is 20.2 Å². The van der Waals surface area contributed by atoms with Crippen molar-refractivity contribution in [2.75, 3.05) is 14.1 Å². The average molecular weight is 261 g/mol. The van der Waals surface area contributed by atoms with Crippen LogP contribution in [0.15, 0.2) is 24.5 Å². The van der Waals surface area contributed by atoms with Gasteiger partial charge in [-0.05, 0) is 44.6 Å². The molecular formula is C14H19N3O2. The summed E-state index contributed by atoms with van der Waals surface area (Å²) in [5.41, 5.74) is 3.15. The van der Waals surface area contributed by atoms with Gasteiger partial charge in [-0.3, -0.25) is 4.79 Å². The second-order valence-corrected chi connectivity index (χ2v) is 4.94. The highest BCUT2D eigenvalue weighted by Gasteiger charge is 2.15. The van der Waals surface area contributed by atoms with Gasteiger partial charge in [0.1, 0.15) is 0 Å². The smallest absolute Gasteiger partial charge is 0.303 e. The minimum atomic E-state index is -0.735. The van der Waals surface area contributed by atoms with Gasteiger partial charge in [-0.25, -0.2) is 4.98 Å². The van der Waals surface area contributed by atoms with Crippen LogP contribution in [0.3, 0.4) is 0 Å². The molecule has 1 aromatic heterocycles. The third-order valence-electron chi connectivity index (χ3n) is 3.32. The van der Waals surface area contributed by atoms with Crippen molar-refractivity contribution in [2.45, 2.75) is 25.3 Å². The minimum absolute atomic E-state index is 0.219. The third kappa shape index (κ3) is 3.32. The number of benzene rings is 1. The molecule has 0 saturated carbocycles. The summed E-state index contributed by atoms with van der Waals surface area (Å²) in [6, 6.07) is 6.38. The Morgan fingerprint density at radius 2 is 2.26 bits per heavy atom. The first kappa shape index (κ1) is 13.5. The van der Waals surface area contributed by atoms with Crippen molar-refractivity contribution in [2.24, 2.45) is 0 Å². The Kier molecular flexibility index (Phi) is 4.16. The van der Waals surface area contributed by atoms with Crippen LogP contribution in [-0.4, -0.2) is 40.0 Å². The highest BCUT2D eigenvalue weighted by Crippen LogP contribution is 2.26. The molecule has 0 aliphatic rings. The van der Waals surface area contributed by atoms with Crippen LogP contribution in [0.25, 0.3) is 11.0 Å². The second kappa shape index (κ2) is 5.84. The first-order valence-electron chi connectivity index (χ1n) is 6.39. The van der Waals surface area contributed by atoms with E-state index in [-0.39, 0.29) is 12.5 Å². The Labute approximate surface area is 112 Å². The van der Waals surface area contributed by atoms with Crippen LogP contribution < -0.4 is 0 Å². The fourth-order valence-corrected chi connectivity index (χ4v) is 2.33. The lowest BCUT2D eigenvalue weighted by molar-refractivity contribution is -0.137. The Morgan fingerprint density at radius 1 is 1.47 bits per heavy atom. The van der Waals surface area contributed by atoms with Gasteiger partial charge in [0.2, 0.25) is 0 Å². The molecule has 2 N–H and O–H groups in total. The summed E-state index contributed by atoms with van der Waals surface area (Å²) < 4.78 is 0. The number of carbonyl (C=O) groups is 1. The summed E-state index contributed by atoms with van der Waals surface area (Å²) >= 11 is 0. The monoisotopic (exact) mass is 261 g/mol. The number of imidazole rings is 1. The Morgan fingerprint density at radius 3 is 2.95 bits per heavy atom. The van der Waals surface area contributed by atoms with Gasteiger partial charge in [0.25, 0.3) is 0 Å². The third-order valence-corrected chi connectivity index (χ3v) is 3.32. The fourth-order valence-electron chi connectivity index (χ4n) is 2.33. The van der Waals surface area contributed by atoms with Crippen LogP contribution in [0.5, 0.6) is 0 Å². The van der Waals surface area contributed by atoms with Gasteiger partial charge >= 0.3 is 5.97 Å². The predicted molar refractivity (Wildman–Crippen MR) is 74.0 cm³/mol. The Balaban J connectivity index is 2.15. The lowest BCUT2D eigenvalue weighted by Crippen LogP contribution is -2.20. The molecule has 0 fully saturated rings. The van der Waals surface area contributed by atoms with Crippen LogP contribution in [0.1, 0.15) is 30.9 Å². The number of carboxylic acids is 1. The molecule has 0 spiro atoms. The summed E-state index contributed by atoms with van der Waals surface area (Å²) in [6.07, 6.45) is 3.42. The van der Waals surface area contributed by atoms with Crippen LogP contribution in [0.4, 0.5) is 0 Å². The molecule has 1 heterocycles. The first-order valence-corrected chi connectivity index (χ1v) is 6.39. The summed E-state index contributed by atoms with van der Waals surface area (Å²) in [6.45, 7) is 0. The number of hydrogen-bond donors (Lipinski definition) is 2. The van der Waals surface area contributed by atoms with Crippen molar-refractivity contribution in [3.05, 3.63) is 30.1 Å². The average Bonchev–Trinajstić information content (AvgIpc) is 2.80. The molecule has 0 aliphatic heterocycles. The van der Waals surface area contributed by atoms with Gasteiger partial charge in [0.05, 0.1) is 17.4 Å². The Hall–Kier alpha value is -1.88. The number of nitrogens with one attached hydrogen (secondary N) is 1. The summed E-state index contributed by atoms with van der Waals surface area (Å²) in [7, 11) is 4.03. The lowest BCUT2D eigenvalue weighted by atomic mass is 9.99. The lowest BCUT2D eigenvalue weighted by Gasteiger charge is -2.24. The molecule has 19 heavy (non-hydrogen) atoms. The molecule has 1 aromatic carbocycles. The van der Waals surface area contributed by atoms with Crippen molar-refractivity contribution in [3.8, 4) is 0 Å². The summed E-state index contributed by atoms with van der Waals surface area (Å²) in [4.78, 5) is 20.0. The van der Waals surface area contributed by atoms with E-state index in [2.05, 4.69) is 27.0 Å². The number of aromatic nitrogens is 2. The van der Waals surface area contributed by atoms with Gasteiger partial charge in [0, 0.05) is 12.5 Å². The predicted octanol–water partition coefficient (Wildman–Crippen LogP) is 2.42. The zero-order chi connectivity index (χ0) is 13.8. The van der Waals surface area contributed by atoms with Gasteiger partial charge in [-0.15, -0.1) is 0 Å². The van der Waals surface area contributed by atoms with E-state index in [1.54, 1.807) is 6.33 Å². The van der Waals surface area contributed by atoms with Crippen molar-refractivity contribution < 1.29 is 9.90 Å². The van der Waals surface area contributed by atoms with E-state index in [4.69, 9.17) is 5.11 Å². The van der Waals surface area contributed by atoms with Crippen molar-refractivity contribution >= 4 is 17.0 Å². The summed E-state index contributed by atoms with van der Waals surface area (Å²) in [5, 5.41) is 8.72. The first-order chi connectivity index (χ1) is 9.08.